The summed E-state index contributed by atoms with van der Waals surface area (Å²) in [5, 5.41) is 6.39. The summed E-state index contributed by atoms with van der Waals surface area (Å²) in [4.78, 5) is 4.53. The van der Waals surface area contributed by atoms with Crippen LogP contribution in [0.4, 0.5) is 0 Å². The average molecular weight is 340 g/mol. The summed E-state index contributed by atoms with van der Waals surface area (Å²) in [7, 11) is -3.10. The fraction of sp³-hybridized carbons (Fsp3) is 0.562. The molecule has 1 aromatic carbocycles. The summed E-state index contributed by atoms with van der Waals surface area (Å²) in [5.74, 6) is 0.854. The highest BCUT2D eigenvalue weighted by Crippen LogP contribution is 2.04. The van der Waals surface area contributed by atoms with Crippen LogP contribution in [-0.2, 0) is 16.6 Å². The van der Waals surface area contributed by atoms with Gasteiger partial charge < -0.3 is 10.6 Å². The minimum atomic E-state index is -3.10. The van der Waals surface area contributed by atoms with Crippen LogP contribution in [0.5, 0.6) is 0 Å². The Morgan fingerprint density at radius 1 is 1.09 bits per heavy atom. The topological polar surface area (TPSA) is 82.6 Å². The molecule has 1 rings (SSSR count). The van der Waals surface area contributed by atoms with Gasteiger partial charge in [-0.25, -0.2) is 18.1 Å². The molecule has 0 spiro atoms. The molecule has 0 saturated heterocycles. The highest BCUT2D eigenvalue weighted by Gasteiger charge is 2.04. The molecule has 0 aliphatic rings. The van der Waals surface area contributed by atoms with Crippen molar-refractivity contribution >= 4 is 16.0 Å². The quantitative estimate of drug-likeness (QED) is 0.360. The van der Waals surface area contributed by atoms with Gasteiger partial charge in [0, 0.05) is 19.6 Å². The molecule has 0 amide bonds. The third kappa shape index (κ3) is 8.56. The van der Waals surface area contributed by atoms with E-state index in [1.165, 1.54) is 5.56 Å². The number of sulfonamides is 1. The normalized spacial score (nSPS) is 12.2. The van der Waals surface area contributed by atoms with Gasteiger partial charge in [0.25, 0.3) is 0 Å². The molecule has 0 radical (unpaired) electrons. The SMILES string of the molecule is CCNC(=NCc1ccc(C)cc1)NCCCNS(=O)(=O)CC. The minimum Gasteiger partial charge on any atom is -0.357 e. The first kappa shape index (κ1) is 19.4. The average Bonchev–Trinajstić information content (AvgIpc) is 2.53. The standard InChI is InChI=1S/C16H28N4O2S/c1-4-17-16(18-11-6-12-20-23(21,22)5-2)19-13-15-9-7-14(3)8-10-15/h7-10,20H,4-6,11-13H2,1-3H3,(H2,17,18,19). The van der Waals surface area contributed by atoms with Crippen LogP contribution in [-0.4, -0.2) is 39.8 Å². The van der Waals surface area contributed by atoms with Crippen molar-refractivity contribution < 1.29 is 8.42 Å². The predicted molar refractivity (Wildman–Crippen MR) is 96.1 cm³/mol. The lowest BCUT2D eigenvalue weighted by Crippen LogP contribution is -2.38. The summed E-state index contributed by atoms with van der Waals surface area (Å²) >= 11 is 0. The van der Waals surface area contributed by atoms with Gasteiger partial charge in [-0.3, -0.25) is 0 Å². The first-order valence-corrected chi connectivity index (χ1v) is 9.67. The number of aliphatic imine (C=N–C) groups is 1. The first-order valence-electron chi connectivity index (χ1n) is 8.02. The molecule has 0 saturated carbocycles. The lowest BCUT2D eigenvalue weighted by atomic mass is 10.1. The maximum absolute atomic E-state index is 11.3. The Morgan fingerprint density at radius 3 is 2.39 bits per heavy atom. The minimum absolute atomic E-state index is 0.112. The zero-order valence-electron chi connectivity index (χ0n) is 14.2. The fourth-order valence-corrected chi connectivity index (χ4v) is 2.49. The van der Waals surface area contributed by atoms with Gasteiger partial charge >= 0.3 is 0 Å². The molecule has 1 aromatic rings. The van der Waals surface area contributed by atoms with E-state index in [-0.39, 0.29) is 5.75 Å². The Labute approximate surface area is 139 Å². The molecule has 130 valence electrons. The maximum atomic E-state index is 11.3. The smallest absolute Gasteiger partial charge is 0.211 e. The molecular weight excluding hydrogens is 312 g/mol. The van der Waals surface area contributed by atoms with E-state index in [0.717, 1.165) is 18.1 Å². The van der Waals surface area contributed by atoms with Crippen LogP contribution in [0.15, 0.2) is 29.3 Å². The van der Waals surface area contributed by atoms with E-state index in [9.17, 15) is 8.42 Å². The highest BCUT2D eigenvalue weighted by molar-refractivity contribution is 7.89. The number of guanidine groups is 1. The van der Waals surface area contributed by atoms with Crippen molar-refractivity contribution in [1.29, 1.82) is 0 Å². The summed E-state index contributed by atoms with van der Waals surface area (Å²) < 4.78 is 25.2. The third-order valence-electron chi connectivity index (χ3n) is 3.23. The summed E-state index contributed by atoms with van der Waals surface area (Å²) in [6.45, 7) is 8.18. The molecular formula is C16H28N4O2S. The number of nitrogens with zero attached hydrogens (tertiary/aromatic N) is 1. The van der Waals surface area contributed by atoms with E-state index in [4.69, 9.17) is 0 Å². The molecule has 0 bridgehead atoms. The molecule has 0 unspecified atom stereocenters. The van der Waals surface area contributed by atoms with E-state index in [2.05, 4.69) is 51.5 Å². The summed E-state index contributed by atoms with van der Waals surface area (Å²) in [5.41, 5.74) is 2.39. The van der Waals surface area contributed by atoms with Crippen molar-refractivity contribution in [2.24, 2.45) is 4.99 Å². The Kier molecular flexibility index (Phi) is 8.65. The second-order valence-corrected chi connectivity index (χ2v) is 7.35. The number of benzene rings is 1. The highest BCUT2D eigenvalue weighted by atomic mass is 32.2. The second kappa shape index (κ2) is 10.2. The van der Waals surface area contributed by atoms with Crippen LogP contribution >= 0.6 is 0 Å². The monoisotopic (exact) mass is 340 g/mol. The number of hydrogen-bond donors (Lipinski definition) is 3. The van der Waals surface area contributed by atoms with Crippen LogP contribution in [0.25, 0.3) is 0 Å². The van der Waals surface area contributed by atoms with Crippen molar-refractivity contribution in [3.8, 4) is 0 Å². The van der Waals surface area contributed by atoms with Gasteiger partial charge in [-0.2, -0.15) is 0 Å². The number of nitrogens with one attached hydrogen (secondary N) is 3. The molecule has 0 fully saturated rings. The molecule has 0 aliphatic heterocycles. The molecule has 6 nitrogen and oxygen atoms in total. The van der Waals surface area contributed by atoms with Gasteiger partial charge in [0.15, 0.2) is 5.96 Å². The van der Waals surface area contributed by atoms with E-state index >= 15 is 0 Å². The van der Waals surface area contributed by atoms with Crippen molar-refractivity contribution in [3.05, 3.63) is 35.4 Å². The first-order chi connectivity index (χ1) is 11.0. The molecule has 0 aliphatic carbocycles. The molecule has 3 N–H and O–H groups in total. The number of hydrogen-bond acceptors (Lipinski definition) is 3. The lowest BCUT2D eigenvalue weighted by molar-refractivity contribution is 0.579. The van der Waals surface area contributed by atoms with E-state index in [1.54, 1.807) is 6.92 Å². The van der Waals surface area contributed by atoms with Crippen molar-refractivity contribution in [2.75, 3.05) is 25.4 Å². The van der Waals surface area contributed by atoms with Crippen LogP contribution in [0, 0.1) is 6.92 Å². The van der Waals surface area contributed by atoms with Crippen molar-refractivity contribution in [1.82, 2.24) is 15.4 Å². The van der Waals surface area contributed by atoms with Gasteiger partial charge in [0.2, 0.25) is 10.0 Å². The van der Waals surface area contributed by atoms with Crippen molar-refractivity contribution in [3.63, 3.8) is 0 Å². The van der Waals surface area contributed by atoms with Gasteiger partial charge in [-0.05, 0) is 32.8 Å². The second-order valence-electron chi connectivity index (χ2n) is 5.26. The van der Waals surface area contributed by atoms with Crippen LogP contribution in [0.1, 0.15) is 31.4 Å². The third-order valence-corrected chi connectivity index (χ3v) is 4.64. The van der Waals surface area contributed by atoms with Gasteiger partial charge in [-0.1, -0.05) is 29.8 Å². The molecule has 0 atom stereocenters. The molecule has 0 aromatic heterocycles. The Bertz CT molecular complexity index is 583. The Balaban J connectivity index is 2.39. The molecule has 23 heavy (non-hydrogen) atoms. The zero-order chi connectivity index (χ0) is 17.1. The Morgan fingerprint density at radius 2 is 1.78 bits per heavy atom. The van der Waals surface area contributed by atoms with Crippen molar-refractivity contribution in [2.45, 2.75) is 33.7 Å². The fourth-order valence-electron chi connectivity index (χ4n) is 1.83. The van der Waals surface area contributed by atoms with E-state index < -0.39 is 10.0 Å². The largest absolute Gasteiger partial charge is 0.357 e. The number of rotatable bonds is 9. The summed E-state index contributed by atoms with van der Waals surface area (Å²) in [6, 6.07) is 8.29. The van der Waals surface area contributed by atoms with E-state index in [0.29, 0.717) is 26.1 Å². The molecule has 0 heterocycles. The van der Waals surface area contributed by atoms with Crippen LogP contribution in [0.3, 0.4) is 0 Å². The number of aryl methyl sites for hydroxylation is 1. The van der Waals surface area contributed by atoms with Crippen LogP contribution < -0.4 is 15.4 Å². The van der Waals surface area contributed by atoms with Gasteiger partial charge in [0.05, 0.1) is 12.3 Å². The maximum Gasteiger partial charge on any atom is 0.211 e. The lowest BCUT2D eigenvalue weighted by Gasteiger charge is -2.11. The summed E-state index contributed by atoms with van der Waals surface area (Å²) in [6.07, 6.45) is 0.703. The Hall–Kier alpha value is -1.60. The van der Waals surface area contributed by atoms with Crippen LogP contribution in [0.2, 0.25) is 0 Å². The zero-order valence-corrected chi connectivity index (χ0v) is 15.0. The van der Waals surface area contributed by atoms with E-state index in [1.807, 2.05) is 6.92 Å². The van der Waals surface area contributed by atoms with Gasteiger partial charge in [-0.15, -0.1) is 0 Å². The van der Waals surface area contributed by atoms with Gasteiger partial charge in [0.1, 0.15) is 0 Å². The predicted octanol–water partition coefficient (Wildman–Crippen LogP) is 1.38. The molecule has 7 heteroatoms.